The maximum atomic E-state index is 13.9. The van der Waals surface area contributed by atoms with Crippen molar-refractivity contribution in [1.29, 1.82) is 0 Å². The number of fused-ring (bicyclic) bond motifs is 1. The Hall–Kier alpha value is -2.88. The molecule has 1 N–H and O–H groups in total. The Balaban J connectivity index is 1.74. The maximum Gasteiger partial charge on any atom is 0.342 e. The number of alkyl halides is 1. The van der Waals surface area contributed by atoms with Gasteiger partial charge in [0.05, 0.1) is 29.8 Å². The molecule has 12 heteroatoms. The number of carbonyl (C=O) groups excluding carboxylic acids is 1. The number of nitrogens with zero attached hydrogens (tertiary/aromatic N) is 4. The predicted octanol–water partition coefficient (Wildman–Crippen LogP) is 3.49. The van der Waals surface area contributed by atoms with Crippen molar-refractivity contribution in [3.8, 4) is 5.75 Å². The summed E-state index contributed by atoms with van der Waals surface area (Å²) in [6.45, 7) is 5.90. The van der Waals surface area contributed by atoms with E-state index in [0.29, 0.717) is 22.8 Å². The lowest BCUT2D eigenvalue weighted by Crippen LogP contribution is -2.37. The van der Waals surface area contributed by atoms with Crippen molar-refractivity contribution in [1.82, 2.24) is 24.7 Å². The highest BCUT2D eigenvalue weighted by atomic mass is 31.2. The quantitative estimate of drug-likeness (QED) is 0.299. The molecule has 3 aromatic rings. The molecule has 0 aliphatic carbocycles. The zero-order valence-corrected chi connectivity index (χ0v) is 20.4. The van der Waals surface area contributed by atoms with Gasteiger partial charge in [0.25, 0.3) is 0 Å². The van der Waals surface area contributed by atoms with Crippen LogP contribution in [0.3, 0.4) is 0 Å². The molecule has 0 bridgehead atoms. The normalized spacial score (nSPS) is 15.1. The van der Waals surface area contributed by atoms with Gasteiger partial charge in [-0.15, -0.1) is 0 Å². The molecule has 0 amide bonds. The molecule has 0 saturated carbocycles. The van der Waals surface area contributed by atoms with Gasteiger partial charge < -0.3 is 14.0 Å². The summed E-state index contributed by atoms with van der Waals surface area (Å²) >= 11 is 0. The standard InChI is InChI=1S/C22H29FN5O5P/c1-15(2)32-22(29)17(4)27-34(30,33-19-8-6-5-7-9-19)14-31-20(11-23)10-18-12-24-21-16(3)25-13-26-28(18)21/h5-9,12-13,15,17,20H,10-11,14H2,1-4H3,(H,27,30)/t17-,20-,34?/m0/s1. The number of imidazole rings is 1. The van der Waals surface area contributed by atoms with Crippen LogP contribution in [-0.2, 0) is 25.3 Å². The smallest absolute Gasteiger partial charge is 0.342 e. The first-order valence-electron chi connectivity index (χ1n) is 10.8. The molecule has 1 aromatic carbocycles. The van der Waals surface area contributed by atoms with Gasteiger partial charge in [-0.05, 0) is 39.8 Å². The van der Waals surface area contributed by atoms with E-state index in [9.17, 15) is 13.8 Å². The number of hydrogen-bond donors (Lipinski definition) is 1. The van der Waals surface area contributed by atoms with Crippen LogP contribution in [0.2, 0.25) is 0 Å². The van der Waals surface area contributed by atoms with Crippen LogP contribution in [0.5, 0.6) is 5.75 Å². The van der Waals surface area contributed by atoms with Crippen LogP contribution in [0.1, 0.15) is 32.2 Å². The molecule has 34 heavy (non-hydrogen) atoms. The van der Waals surface area contributed by atoms with Crippen molar-refractivity contribution in [3.63, 3.8) is 0 Å². The Bertz CT molecular complexity index is 1140. The molecule has 0 radical (unpaired) electrons. The first kappa shape index (κ1) is 25.7. The lowest BCUT2D eigenvalue weighted by molar-refractivity contribution is -0.149. The number of carbonyl (C=O) groups is 1. The predicted molar refractivity (Wildman–Crippen MR) is 123 cm³/mol. The van der Waals surface area contributed by atoms with E-state index in [1.165, 1.54) is 13.3 Å². The SMILES string of the molecule is Cc1ncnn2c(C[C@@H](CF)OCP(=O)(N[C@@H](C)C(=O)OC(C)C)Oc3ccccc3)cnc12. The van der Waals surface area contributed by atoms with E-state index >= 15 is 0 Å². The molecule has 0 aliphatic rings. The molecular weight excluding hydrogens is 464 g/mol. The van der Waals surface area contributed by atoms with Gasteiger partial charge in [-0.2, -0.15) is 5.10 Å². The van der Waals surface area contributed by atoms with E-state index in [-0.39, 0.29) is 12.5 Å². The maximum absolute atomic E-state index is 13.9. The summed E-state index contributed by atoms with van der Waals surface area (Å²) in [6, 6.07) is 7.52. The second-order valence-corrected chi connectivity index (χ2v) is 10.1. The monoisotopic (exact) mass is 493 g/mol. The molecule has 0 aliphatic heterocycles. The number of rotatable bonds is 12. The highest BCUT2D eigenvalue weighted by molar-refractivity contribution is 7.57. The number of benzene rings is 1. The second kappa shape index (κ2) is 11.5. The average molecular weight is 493 g/mol. The van der Waals surface area contributed by atoms with Crippen molar-refractivity contribution >= 4 is 19.1 Å². The number of aryl methyl sites for hydroxylation is 1. The molecule has 0 saturated heterocycles. The molecule has 184 valence electrons. The van der Waals surface area contributed by atoms with Gasteiger partial charge in [0.2, 0.25) is 0 Å². The lowest BCUT2D eigenvalue weighted by atomic mass is 10.2. The Morgan fingerprint density at radius 1 is 1.21 bits per heavy atom. The number of nitrogens with one attached hydrogen (secondary N) is 1. The Morgan fingerprint density at radius 3 is 2.62 bits per heavy atom. The van der Waals surface area contributed by atoms with Crippen LogP contribution in [0.4, 0.5) is 4.39 Å². The first-order chi connectivity index (χ1) is 16.2. The van der Waals surface area contributed by atoms with E-state index in [1.54, 1.807) is 61.8 Å². The van der Waals surface area contributed by atoms with Gasteiger partial charge in [0.15, 0.2) is 5.65 Å². The highest BCUT2D eigenvalue weighted by Gasteiger charge is 2.32. The molecule has 0 spiro atoms. The number of esters is 1. The van der Waals surface area contributed by atoms with Gasteiger partial charge in [-0.25, -0.2) is 24.0 Å². The van der Waals surface area contributed by atoms with Crippen molar-refractivity contribution in [3.05, 3.63) is 54.2 Å². The van der Waals surface area contributed by atoms with Crippen LogP contribution >= 0.6 is 7.52 Å². The van der Waals surface area contributed by atoms with E-state index in [2.05, 4.69) is 20.2 Å². The fourth-order valence-electron chi connectivity index (χ4n) is 3.14. The molecular formula is C22H29FN5O5P. The van der Waals surface area contributed by atoms with Crippen LogP contribution in [0.25, 0.3) is 5.65 Å². The third kappa shape index (κ3) is 6.82. The summed E-state index contributed by atoms with van der Waals surface area (Å²) in [6.07, 6.45) is 1.34. The van der Waals surface area contributed by atoms with Crippen LogP contribution in [-0.4, -0.2) is 56.8 Å². The zero-order valence-electron chi connectivity index (χ0n) is 19.6. The molecule has 3 rings (SSSR count). The van der Waals surface area contributed by atoms with E-state index in [1.807, 2.05) is 0 Å². The number of aromatic nitrogens is 4. The summed E-state index contributed by atoms with van der Waals surface area (Å²) in [5.41, 5.74) is 1.86. The Labute approximate surface area is 197 Å². The fourth-order valence-corrected chi connectivity index (χ4v) is 4.88. The Morgan fingerprint density at radius 2 is 1.94 bits per heavy atom. The van der Waals surface area contributed by atoms with Gasteiger partial charge >= 0.3 is 13.5 Å². The summed E-state index contributed by atoms with van der Waals surface area (Å²) in [4.78, 5) is 20.6. The van der Waals surface area contributed by atoms with Crippen LogP contribution in [0, 0.1) is 6.92 Å². The van der Waals surface area contributed by atoms with Gasteiger partial charge in [0, 0.05) is 6.42 Å². The minimum atomic E-state index is -3.80. The summed E-state index contributed by atoms with van der Waals surface area (Å²) in [7, 11) is -3.80. The van der Waals surface area contributed by atoms with Crippen molar-refractivity contribution in [2.75, 3.05) is 13.0 Å². The molecule has 2 aromatic heterocycles. The van der Waals surface area contributed by atoms with Crippen molar-refractivity contribution in [2.45, 2.75) is 52.4 Å². The largest absolute Gasteiger partial charge is 0.462 e. The number of hydrogen-bond acceptors (Lipinski definition) is 8. The average Bonchev–Trinajstić information content (AvgIpc) is 3.20. The number of para-hydroxylation sites is 1. The third-order valence-electron chi connectivity index (χ3n) is 4.73. The fraction of sp³-hybridized carbons (Fsp3) is 0.455. The summed E-state index contributed by atoms with van der Waals surface area (Å²) in [5.74, 6) is -0.271. The molecule has 3 atom stereocenters. The summed E-state index contributed by atoms with van der Waals surface area (Å²) < 4.78 is 45.6. The lowest BCUT2D eigenvalue weighted by Gasteiger charge is -2.25. The number of ether oxygens (including phenoxy) is 2. The zero-order chi connectivity index (χ0) is 24.7. The molecule has 10 nitrogen and oxygen atoms in total. The first-order valence-corrected chi connectivity index (χ1v) is 12.7. The molecule has 1 unspecified atom stereocenters. The highest BCUT2D eigenvalue weighted by Crippen LogP contribution is 2.44. The topological polar surface area (TPSA) is 117 Å². The minimum absolute atomic E-state index is 0.129. The van der Waals surface area contributed by atoms with Crippen molar-refractivity contribution in [2.24, 2.45) is 0 Å². The summed E-state index contributed by atoms with van der Waals surface area (Å²) in [5, 5.41) is 6.85. The van der Waals surface area contributed by atoms with Crippen molar-refractivity contribution < 1.29 is 27.7 Å². The third-order valence-corrected chi connectivity index (χ3v) is 6.51. The Kier molecular flexibility index (Phi) is 8.71. The van der Waals surface area contributed by atoms with E-state index in [0.717, 1.165) is 0 Å². The van der Waals surface area contributed by atoms with Gasteiger partial charge in [-0.1, -0.05) is 18.2 Å². The van der Waals surface area contributed by atoms with E-state index in [4.69, 9.17) is 14.0 Å². The second-order valence-electron chi connectivity index (χ2n) is 8.02. The van der Waals surface area contributed by atoms with E-state index < -0.39 is 38.7 Å². The van der Waals surface area contributed by atoms with Crippen LogP contribution in [0.15, 0.2) is 42.9 Å². The number of halogens is 1. The van der Waals surface area contributed by atoms with Crippen LogP contribution < -0.4 is 9.61 Å². The molecule has 2 heterocycles. The minimum Gasteiger partial charge on any atom is -0.462 e. The van der Waals surface area contributed by atoms with Gasteiger partial charge in [-0.3, -0.25) is 9.36 Å². The van der Waals surface area contributed by atoms with Gasteiger partial charge in [0.1, 0.15) is 31.1 Å². The molecule has 0 fully saturated rings.